The molecule has 1 heterocycles. The number of benzene rings is 1. The first kappa shape index (κ1) is 19.5. The van der Waals surface area contributed by atoms with E-state index in [9.17, 15) is 4.79 Å². The Balaban J connectivity index is 1.40. The van der Waals surface area contributed by atoms with Gasteiger partial charge < -0.3 is 5.32 Å². The summed E-state index contributed by atoms with van der Waals surface area (Å²) in [5.41, 5.74) is 3.45. The highest BCUT2D eigenvalue weighted by Gasteiger charge is 2.42. The average molecular weight is 399 g/mol. The number of thioether (sulfide) groups is 1. The Morgan fingerprint density at radius 1 is 1.25 bits per heavy atom. The normalized spacial score (nSPS) is 25.6. The van der Waals surface area contributed by atoms with Crippen LogP contribution in [0.25, 0.3) is 5.69 Å². The van der Waals surface area contributed by atoms with Gasteiger partial charge in [-0.25, -0.2) is 0 Å². The molecule has 2 aliphatic carbocycles. The number of rotatable bonds is 6. The molecule has 0 saturated heterocycles. The molecular weight excluding hydrogens is 368 g/mol. The molecule has 2 saturated carbocycles. The lowest BCUT2D eigenvalue weighted by Gasteiger charge is -2.29. The van der Waals surface area contributed by atoms with Crippen molar-refractivity contribution < 1.29 is 4.79 Å². The van der Waals surface area contributed by atoms with E-state index >= 15 is 0 Å². The molecule has 1 aromatic carbocycles. The highest BCUT2D eigenvalue weighted by Crippen LogP contribution is 2.49. The Morgan fingerprint density at radius 2 is 2.07 bits per heavy atom. The molecule has 2 bridgehead atoms. The van der Waals surface area contributed by atoms with Crippen molar-refractivity contribution in [3.8, 4) is 5.69 Å². The summed E-state index contributed by atoms with van der Waals surface area (Å²) >= 11 is 1.47. The van der Waals surface area contributed by atoms with Gasteiger partial charge in [-0.1, -0.05) is 35.9 Å². The predicted octanol–water partition coefficient (Wildman–Crippen LogP) is 4.31. The monoisotopic (exact) mass is 398 g/mol. The van der Waals surface area contributed by atoms with Crippen molar-refractivity contribution in [2.75, 3.05) is 0 Å². The Morgan fingerprint density at radius 3 is 2.75 bits per heavy atom. The number of aryl methyl sites for hydroxylation is 2. The van der Waals surface area contributed by atoms with Crippen LogP contribution in [0, 0.1) is 31.6 Å². The number of aromatic nitrogens is 3. The molecule has 0 spiro atoms. The van der Waals surface area contributed by atoms with Crippen molar-refractivity contribution in [1.82, 2.24) is 20.1 Å². The molecule has 4 rings (SSSR count). The molecule has 5 atom stereocenters. The SMILES string of the molecule is Cc1ccc(-n2cnnc2S[C@H](C)C(=O)N[C@H](C)[C@@H]2C[C@@H]3CC[C@@H]2C3)c(C)c1. The molecule has 0 radical (unpaired) electrons. The van der Waals surface area contributed by atoms with E-state index in [1.165, 1.54) is 48.6 Å². The molecular formula is C22H30N4OS. The van der Waals surface area contributed by atoms with Crippen molar-refractivity contribution in [3.63, 3.8) is 0 Å². The largest absolute Gasteiger partial charge is 0.352 e. The van der Waals surface area contributed by atoms with Crippen LogP contribution in [-0.2, 0) is 4.79 Å². The molecule has 5 nitrogen and oxygen atoms in total. The molecule has 0 aliphatic heterocycles. The van der Waals surface area contributed by atoms with Gasteiger partial charge in [0.1, 0.15) is 6.33 Å². The van der Waals surface area contributed by atoms with E-state index in [4.69, 9.17) is 0 Å². The molecule has 6 heteroatoms. The number of hydrogen-bond acceptors (Lipinski definition) is 4. The minimum Gasteiger partial charge on any atom is -0.352 e. The van der Waals surface area contributed by atoms with Crippen molar-refractivity contribution in [3.05, 3.63) is 35.7 Å². The second kappa shape index (κ2) is 7.90. The highest BCUT2D eigenvalue weighted by atomic mass is 32.2. The number of hydrogen-bond donors (Lipinski definition) is 1. The van der Waals surface area contributed by atoms with E-state index in [0.29, 0.717) is 5.92 Å². The highest BCUT2D eigenvalue weighted by molar-refractivity contribution is 8.00. The standard InChI is InChI=1S/C22H30N4OS/c1-13-5-8-20(14(2)9-13)26-12-23-25-22(26)28-16(4)21(27)24-15(3)19-11-17-6-7-18(19)10-17/h5,8-9,12,15-19H,6-7,10-11H2,1-4H3,(H,24,27)/t15-,16-,17-,18-,19+/m1/s1. The van der Waals surface area contributed by atoms with Gasteiger partial charge in [0.15, 0.2) is 5.16 Å². The topological polar surface area (TPSA) is 59.8 Å². The molecule has 0 unspecified atom stereocenters. The van der Waals surface area contributed by atoms with Crippen molar-refractivity contribution in [1.29, 1.82) is 0 Å². The third kappa shape index (κ3) is 3.84. The van der Waals surface area contributed by atoms with Gasteiger partial charge in [-0.15, -0.1) is 10.2 Å². The number of amides is 1. The van der Waals surface area contributed by atoms with E-state index in [1.807, 2.05) is 11.5 Å². The van der Waals surface area contributed by atoms with Crippen LogP contribution < -0.4 is 5.32 Å². The van der Waals surface area contributed by atoms with Gasteiger partial charge in [-0.3, -0.25) is 9.36 Å². The van der Waals surface area contributed by atoms with E-state index < -0.39 is 0 Å². The quantitative estimate of drug-likeness (QED) is 0.737. The van der Waals surface area contributed by atoms with Crippen molar-refractivity contribution >= 4 is 17.7 Å². The summed E-state index contributed by atoms with van der Waals surface area (Å²) in [6.07, 6.45) is 7.12. The average Bonchev–Trinajstić information content (AvgIpc) is 3.38. The zero-order chi connectivity index (χ0) is 19.8. The Labute approximate surface area is 171 Å². The fourth-order valence-electron chi connectivity index (χ4n) is 5.11. The van der Waals surface area contributed by atoms with Crippen molar-refractivity contribution in [2.45, 2.75) is 69.8 Å². The molecule has 1 aromatic heterocycles. The van der Waals surface area contributed by atoms with Crippen LogP contribution >= 0.6 is 11.8 Å². The summed E-state index contributed by atoms with van der Waals surface area (Å²) in [7, 11) is 0. The van der Waals surface area contributed by atoms with Crippen LogP contribution in [0.2, 0.25) is 0 Å². The number of nitrogens with one attached hydrogen (secondary N) is 1. The summed E-state index contributed by atoms with van der Waals surface area (Å²) < 4.78 is 1.97. The third-order valence-electron chi connectivity index (χ3n) is 6.58. The third-order valence-corrected chi connectivity index (χ3v) is 7.64. The first-order chi connectivity index (χ1) is 13.4. The lowest BCUT2D eigenvalue weighted by molar-refractivity contribution is -0.121. The molecule has 2 aliphatic rings. The van der Waals surface area contributed by atoms with Gasteiger partial charge in [-0.05, 0) is 76.3 Å². The molecule has 2 fully saturated rings. The molecule has 150 valence electrons. The van der Waals surface area contributed by atoms with Crippen LogP contribution in [-0.4, -0.2) is 32.0 Å². The first-order valence-corrected chi connectivity index (χ1v) is 11.2. The summed E-state index contributed by atoms with van der Waals surface area (Å²) in [4.78, 5) is 12.8. The fraction of sp³-hybridized carbons (Fsp3) is 0.591. The molecule has 28 heavy (non-hydrogen) atoms. The molecule has 1 N–H and O–H groups in total. The van der Waals surface area contributed by atoms with Crippen molar-refractivity contribution in [2.24, 2.45) is 17.8 Å². The van der Waals surface area contributed by atoms with Gasteiger partial charge in [0.2, 0.25) is 5.91 Å². The Kier molecular flexibility index (Phi) is 5.50. The summed E-state index contributed by atoms with van der Waals surface area (Å²) in [6, 6.07) is 6.57. The van der Waals surface area contributed by atoms with E-state index in [2.05, 4.69) is 54.5 Å². The van der Waals surface area contributed by atoms with Crippen LogP contribution in [0.3, 0.4) is 0 Å². The number of carbonyl (C=O) groups is 1. The van der Waals surface area contributed by atoms with Crippen LogP contribution in [0.5, 0.6) is 0 Å². The molecule has 2 aromatic rings. The van der Waals surface area contributed by atoms with Gasteiger partial charge in [-0.2, -0.15) is 0 Å². The van der Waals surface area contributed by atoms with E-state index in [-0.39, 0.29) is 17.2 Å². The van der Waals surface area contributed by atoms with Crippen LogP contribution in [0.1, 0.15) is 50.7 Å². The maximum atomic E-state index is 12.8. The van der Waals surface area contributed by atoms with Crippen LogP contribution in [0.15, 0.2) is 29.7 Å². The number of fused-ring (bicyclic) bond motifs is 2. The zero-order valence-corrected chi connectivity index (χ0v) is 18.0. The van der Waals surface area contributed by atoms with Crippen LogP contribution in [0.4, 0.5) is 0 Å². The van der Waals surface area contributed by atoms with Gasteiger partial charge in [0.25, 0.3) is 0 Å². The maximum absolute atomic E-state index is 12.8. The lowest BCUT2D eigenvalue weighted by atomic mass is 9.84. The Hall–Kier alpha value is -1.82. The Bertz CT molecular complexity index is 864. The second-order valence-corrected chi connectivity index (χ2v) is 9.98. The first-order valence-electron chi connectivity index (χ1n) is 10.4. The fourth-order valence-corrected chi connectivity index (χ4v) is 5.96. The minimum absolute atomic E-state index is 0.0930. The van der Waals surface area contributed by atoms with E-state index in [1.54, 1.807) is 6.33 Å². The molecule has 1 amide bonds. The van der Waals surface area contributed by atoms with Gasteiger partial charge in [0.05, 0.1) is 10.9 Å². The smallest absolute Gasteiger partial charge is 0.233 e. The summed E-state index contributed by atoms with van der Waals surface area (Å²) in [5.74, 6) is 2.46. The van der Waals surface area contributed by atoms with E-state index in [0.717, 1.165) is 22.7 Å². The van der Waals surface area contributed by atoms with Gasteiger partial charge >= 0.3 is 0 Å². The number of nitrogens with zero attached hydrogens (tertiary/aromatic N) is 3. The lowest BCUT2D eigenvalue weighted by Crippen LogP contribution is -2.43. The minimum atomic E-state index is -0.213. The van der Waals surface area contributed by atoms with Gasteiger partial charge in [0, 0.05) is 6.04 Å². The predicted molar refractivity (Wildman–Crippen MR) is 113 cm³/mol. The summed E-state index contributed by atoms with van der Waals surface area (Å²) in [6.45, 7) is 8.31. The number of carbonyl (C=O) groups excluding carboxylic acids is 1. The zero-order valence-electron chi connectivity index (χ0n) is 17.2. The second-order valence-electron chi connectivity index (χ2n) is 8.67. The maximum Gasteiger partial charge on any atom is 0.233 e. The summed E-state index contributed by atoms with van der Waals surface area (Å²) in [5, 5.41) is 12.2.